The number of nitro groups is 1. The summed E-state index contributed by atoms with van der Waals surface area (Å²) in [7, 11) is -4.21. The van der Waals surface area contributed by atoms with Crippen LogP contribution in [0.1, 0.15) is 19.6 Å². The third-order valence-electron chi connectivity index (χ3n) is 2.46. The van der Waals surface area contributed by atoms with Gasteiger partial charge >= 0.3 is 5.03 Å². The third kappa shape index (κ3) is 2.87. The summed E-state index contributed by atoms with van der Waals surface area (Å²) < 4.78 is 28.5. The molecule has 0 amide bonds. The highest BCUT2D eigenvalue weighted by Crippen LogP contribution is 2.07. The Morgan fingerprint density at radius 3 is 2.45 bits per heavy atom. The van der Waals surface area contributed by atoms with E-state index in [1.165, 1.54) is 13.8 Å². The third-order valence-corrected chi connectivity index (χ3v) is 4.18. The molecule has 0 unspecified atom stereocenters. The van der Waals surface area contributed by atoms with Crippen molar-refractivity contribution in [2.75, 3.05) is 5.75 Å². The topological polar surface area (TPSA) is 128 Å². The Morgan fingerprint density at radius 1 is 1.50 bits per heavy atom. The highest BCUT2D eigenvalue weighted by molar-refractivity contribution is 7.99. The molecule has 0 atom stereocenters. The molecular weight excluding hydrogens is 290 g/mol. The number of hydrogen-bond donors (Lipinski definition) is 1. The Kier molecular flexibility index (Phi) is 4.33. The SMILES string of the molecule is CCS(=O)(=O)C(=c1cc(C)oc(=C(C)O)c1=O)[N+](=O)[O-]. The Hall–Kier alpha value is -2.16. The zero-order chi connectivity index (χ0) is 15.7. The molecule has 0 fully saturated rings. The number of rotatable bonds is 3. The van der Waals surface area contributed by atoms with Gasteiger partial charge in [-0.3, -0.25) is 14.9 Å². The lowest BCUT2D eigenvalue weighted by Crippen LogP contribution is -2.43. The van der Waals surface area contributed by atoms with Crippen LogP contribution in [0.3, 0.4) is 0 Å². The van der Waals surface area contributed by atoms with Crippen LogP contribution in [0.2, 0.25) is 0 Å². The number of aliphatic hydroxyl groups is 1. The van der Waals surface area contributed by atoms with E-state index in [1.807, 2.05) is 0 Å². The van der Waals surface area contributed by atoms with Gasteiger partial charge in [-0.2, -0.15) is 0 Å². The summed E-state index contributed by atoms with van der Waals surface area (Å²) in [6.07, 6.45) is 0. The van der Waals surface area contributed by atoms with E-state index in [9.17, 15) is 28.4 Å². The molecule has 1 rings (SSSR count). The van der Waals surface area contributed by atoms with E-state index >= 15 is 0 Å². The van der Waals surface area contributed by atoms with Gasteiger partial charge in [0.15, 0.2) is 0 Å². The van der Waals surface area contributed by atoms with Gasteiger partial charge in [0, 0.05) is 0 Å². The highest BCUT2D eigenvalue weighted by atomic mass is 32.2. The fraction of sp³-hybridized carbons (Fsp3) is 0.364. The van der Waals surface area contributed by atoms with Crippen LogP contribution in [0.5, 0.6) is 0 Å². The maximum Gasteiger partial charge on any atom is 0.370 e. The lowest BCUT2D eigenvalue weighted by Gasteiger charge is -1.99. The quantitative estimate of drug-likeness (QED) is 0.584. The molecule has 0 aliphatic rings. The first-order chi connectivity index (χ1) is 9.11. The average molecular weight is 303 g/mol. The minimum atomic E-state index is -4.21. The first-order valence-corrected chi connectivity index (χ1v) is 7.19. The van der Waals surface area contributed by atoms with Crippen LogP contribution in [-0.4, -0.2) is 24.2 Å². The Morgan fingerprint density at radius 2 is 2.05 bits per heavy atom. The Bertz CT molecular complexity index is 829. The maximum absolute atomic E-state index is 12.0. The molecule has 0 saturated carbocycles. The number of aryl methyl sites for hydroxylation is 1. The number of aliphatic hydroxyl groups excluding tert-OH is 1. The van der Waals surface area contributed by atoms with Gasteiger partial charge < -0.3 is 9.52 Å². The van der Waals surface area contributed by atoms with E-state index < -0.39 is 47.4 Å². The van der Waals surface area contributed by atoms with Crippen molar-refractivity contribution < 1.29 is 22.9 Å². The number of nitrogens with zero attached hydrogens (tertiary/aromatic N) is 1. The molecule has 0 aromatic carbocycles. The second-order valence-electron chi connectivity index (χ2n) is 3.98. The molecule has 0 bridgehead atoms. The van der Waals surface area contributed by atoms with Crippen molar-refractivity contribution in [2.45, 2.75) is 20.8 Å². The van der Waals surface area contributed by atoms with Crippen LogP contribution >= 0.6 is 0 Å². The average Bonchev–Trinajstić information content (AvgIpc) is 2.32. The molecule has 0 radical (unpaired) electrons. The standard InChI is InChI=1S/C11H13NO7S/c1-4-20(17,18)11(12(15)16)8-5-6(2)19-10(7(3)13)9(8)14/h5,13H,4H2,1-3H3. The molecule has 0 aliphatic carbocycles. The largest absolute Gasteiger partial charge is 0.509 e. The van der Waals surface area contributed by atoms with Crippen molar-refractivity contribution in [3.63, 3.8) is 0 Å². The maximum atomic E-state index is 12.0. The molecule has 1 aromatic heterocycles. The lowest BCUT2D eigenvalue weighted by atomic mass is 10.3. The van der Waals surface area contributed by atoms with Gasteiger partial charge in [-0.25, -0.2) is 8.42 Å². The zero-order valence-electron chi connectivity index (χ0n) is 11.0. The molecule has 1 aromatic rings. The zero-order valence-corrected chi connectivity index (χ0v) is 11.9. The number of hydrogen-bond acceptors (Lipinski definition) is 7. The molecular formula is C11H13NO7S. The van der Waals surface area contributed by atoms with Crippen molar-refractivity contribution in [1.82, 2.24) is 0 Å². The van der Waals surface area contributed by atoms with Crippen molar-refractivity contribution in [2.24, 2.45) is 0 Å². The normalized spacial score (nSPS) is 14.8. The van der Waals surface area contributed by atoms with E-state index in [4.69, 9.17) is 4.42 Å². The van der Waals surface area contributed by atoms with Crippen LogP contribution in [0.4, 0.5) is 0 Å². The van der Waals surface area contributed by atoms with E-state index in [0.29, 0.717) is 0 Å². The predicted octanol–water partition coefficient (Wildman–Crippen LogP) is -0.589. The molecule has 9 heteroatoms. The van der Waals surface area contributed by atoms with Crippen molar-refractivity contribution in [3.8, 4) is 0 Å². The van der Waals surface area contributed by atoms with Gasteiger partial charge in [-0.05, 0) is 19.9 Å². The first kappa shape index (κ1) is 15.9. The fourth-order valence-corrected chi connectivity index (χ4v) is 2.53. The van der Waals surface area contributed by atoms with Gasteiger partial charge in [0.25, 0.3) is 0 Å². The smallest absolute Gasteiger partial charge is 0.370 e. The van der Waals surface area contributed by atoms with Gasteiger partial charge in [0.2, 0.25) is 20.7 Å². The van der Waals surface area contributed by atoms with E-state index in [0.717, 1.165) is 13.0 Å². The summed E-state index contributed by atoms with van der Waals surface area (Å²) >= 11 is 0. The second-order valence-corrected chi connectivity index (χ2v) is 6.17. The predicted molar refractivity (Wildman–Crippen MR) is 70.5 cm³/mol. The molecule has 0 saturated heterocycles. The molecule has 0 aliphatic heterocycles. The molecule has 1 heterocycles. The molecule has 8 nitrogen and oxygen atoms in total. The van der Waals surface area contributed by atoms with Gasteiger partial charge in [-0.1, -0.05) is 6.92 Å². The molecule has 20 heavy (non-hydrogen) atoms. The van der Waals surface area contributed by atoms with Gasteiger partial charge in [0.05, 0.1) is 10.7 Å². The second kappa shape index (κ2) is 5.45. The number of sulfone groups is 1. The summed E-state index contributed by atoms with van der Waals surface area (Å²) in [5, 5.41) is 18.5. The van der Waals surface area contributed by atoms with Crippen LogP contribution in [0, 0.1) is 17.0 Å². The van der Waals surface area contributed by atoms with Gasteiger partial charge in [-0.15, -0.1) is 0 Å². The van der Waals surface area contributed by atoms with Crippen molar-refractivity contribution in [3.05, 3.63) is 42.8 Å². The van der Waals surface area contributed by atoms with Crippen LogP contribution in [0.25, 0.3) is 10.8 Å². The highest BCUT2D eigenvalue weighted by Gasteiger charge is 2.30. The van der Waals surface area contributed by atoms with E-state index in [2.05, 4.69) is 0 Å². The van der Waals surface area contributed by atoms with Crippen LogP contribution < -0.4 is 16.1 Å². The Balaban J connectivity index is 4.23. The fourth-order valence-electron chi connectivity index (χ4n) is 1.54. The Labute approximate surface area is 113 Å². The van der Waals surface area contributed by atoms with Gasteiger partial charge in [0.1, 0.15) is 16.7 Å². The summed E-state index contributed by atoms with van der Waals surface area (Å²) in [5.74, 6) is -0.949. The van der Waals surface area contributed by atoms with E-state index in [1.54, 1.807) is 0 Å². The minimum absolute atomic E-state index is 0.0636. The molecule has 110 valence electrons. The summed E-state index contributed by atoms with van der Waals surface area (Å²) in [6, 6.07) is 0.972. The monoisotopic (exact) mass is 303 g/mol. The van der Waals surface area contributed by atoms with Crippen molar-refractivity contribution >= 4 is 20.6 Å². The summed E-state index contributed by atoms with van der Waals surface area (Å²) in [6.45, 7) is 3.77. The summed E-state index contributed by atoms with van der Waals surface area (Å²) in [5.41, 5.74) is -1.56. The van der Waals surface area contributed by atoms with Crippen LogP contribution in [0.15, 0.2) is 15.3 Å². The van der Waals surface area contributed by atoms with Crippen molar-refractivity contribution in [1.29, 1.82) is 0 Å². The molecule has 0 spiro atoms. The molecule has 1 N–H and O–H groups in total. The first-order valence-electron chi connectivity index (χ1n) is 5.54. The lowest BCUT2D eigenvalue weighted by molar-refractivity contribution is -0.370. The van der Waals surface area contributed by atoms with Crippen LogP contribution in [-0.2, 0) is 9.84 Å². The summed E-state index contributed by atoms with van der Waals surface area (Å²) in [4.78, 5) is 21.9. The van der Waals surface area contributed by atoms with E-state index in [-0.39, 0.29) is 5.76 Å². The minimum Gasteiger partial charge on any atom is -0.509 e.